The number of carbonyl (C=O) groups is 1. The first kappa shape index (κ1) is 23.5. The molecule has 1 amide bonds. The van der Waals surface area contributed by atoms with Crippen molar-refractivity contribution in [3.8, 4) is 17.1 Å². The standard InChI is InChI=1S/C24H28FN3O4S/c1-5-19(27-33(31)24(2,3)4)15-10-20(14-6-8-16(25)9-7-14)26-21(11-15)32-22-17-12-28(23(29)30)13-18(17)22/h6-11,17-18,22H,5,12-13H2,1-4H3,(H,29,30)/b27-19-/t17-,18+,22-,33?. The number of amides is 1. The van der Waals surface area contributed by atoms with Crippen LogP contribution in [-0.2, 0) is 11.4 Å². The molecule has 9 heteroatoms. The van der Waals surface area contributed by atoms with Crippen molar-refractivity contribution < 1.29 is 23.6 Å². The van der Waals surface area contributed by atoms with Gasteiger partial charge in [0, 0.05) is 42.1 Å². The molecule has 7 nitrogen and oxygen atoms in total. The number of hydrogen-bond donors (Lipinski definition) is 1. The Morgan fingerprint density at radius 1 is 1.27 bits per heavy atom. The van der Waals surface area contributed by atoms with Gasteiger partial charge in [-0.2, -0.15) is 0 Å². The molecule has 2 aliphatic rings. The van der Waals surface area contributed by atoms with Crippen molar-refractivity contribution in [1.82, 2.24) is 9.88 Å². The number of pyridine rings is 1. The highest BCUT2D eigenvalue weighted by Gasteiger charge is 2.59. The summed E-state index contributed by atoms with van der Waals surface area (Å²) in [5, 5.41) is 9.17. The van der Waals surface area contributed by atoms with Crippen LogP contribution in [0.1, 0.15) is 39.7 Å². The molecule has 1 unspecified atom stereocenters. The van der Waals surface area contributed by atoms with Crippen LogP contribution in [0.15, 0.2) is 40.8 Å². The van der Waals surface area contributed by atoms with E-state index < -0.39 is 22.2 Å². The lowest BCUT2D eigenvalue weighted by Crippen LogP contribution is -2.31. The number of piperidine rings is 1. The summed E-state index contributed by atoms with van der Waals surface area (Å²) in [4.78, 5) is 17.2. The van der Waals surface area contributed by atoms with Crippen LogP contribution in [0.25, 0.3) is 11.3 Å². The lowest BCUT2D eigenvalue weighted by atomic mass is 10.0. The zero-order valence-corrected chi connectivity index (χ0v) is 19.9. The van der Waals surface area contributed by atoms with Gasteiger partial charge in [-0.1, -0.05) is 11.3 Å². The fourth-order valence-corrected chi connectivity index (χ4v) is 4.71. The van der Waals surface area contributed by atoms with Crippen molar-refractivity contribution in [3.63, 3.8) is 0 Å². The minimum absolute atomic E-state index is 0.0878. The Morgan fingerprint density at radius 2 is 1.91 bits per heavy atom. The van der Waals surface area contributed by atoms with E-state index in [0.717, 1.165) is 11.1 Å². The SMILES string of the molecule is CC/C(=N/[S+]([O-])C(C)(C)C)c1cc(O[C@@H]2[C@@H]3CN(C(=O)O)C[C@@H]32)nc(-c2ccc(F)cc2)c1. The lowest BCUT2D eigenvalue weighted by Gasteiger charge is -2.20. The number of ether oxygens (including phenoxy) is 1. The van der Waals surface area contributed by atoms with Gasteiger partial charge in [0.2, 0.25) is 5.88 Å². The Hall–Kier alpha value is -2.65. The van der Waals surface area contributed by atoms with Crippen LogP contribution < -0.4 is 4.74 Å². The molecule has 2 aromatic rings. The van der Waals surface area contributed by atoms with Gasteiger partial charge < -0.3 is 19.3 Å². The monoisotopic (exact) mass is 473 g/mol. The maximum absolute atomic E-state index is 13.5. The van der Waals surface area contributed by atoms with Gasteiger partial charge in [0.15, 0.2) is 0 Å². The van der Waals surface area contributed by atoms with Crippen molar-refractivity contribution in [2.75, 3.05) is 13.1 Å². The van der Waals surface area contributed by atoms with E-state index in [1.54, 1.807) is 18.2 Å². The number of carboxylic acid groups (broad SMARTS) is 1. The molecule has 1 aromatic heterocycles. The first-order valence-electron chi connectivity index (χ1n) is 11.0. The fourth-order valence-electron chi connectivity index (χ4n) is 4.00. The van der Waals surface area contributed by atoms with Gasteiger partial charge in [-0.3, -0.25) is 0 Å². The van der Waals surface area contributed by atoms with Crippen LogP contribution in [0.3, 0.4) is 0 Å². The van der Waals surface area contributed by atoms with E-state index in [0.29, 0.717) is 36.8 Å². The summed E-state index contributed by atoms with van der Waals surface area (Å²) in [6.45, 7) is 8.48. The second-order valence-electron chi connectivity index (χ2n) is 9.44. The summed E-state index contributed by atoms with van der Waals surface area (Å²) in [6, 6.07) is 9.69. The van der Waals surface area contributed by atoms with Crippen molar-refractivity contribution in [2.45, 2.75) is 45.0 Å². The Kier molecular flexibility index (Phi) is 6.37. The number of halogens is 1. The summed E-state index contributed by atoms with van der Waals surface area (Å²) in [6.07, 6.45) is -0.429. The Labute approximate surface area is 196 Å². The molecule has 2 fully saturated rings. The molecule has 33 heavy (non-hydrogen) atoms. The molecule has 1 saturated carbocycles. The Bertz CT molecular complexity index is 1060. The summed E-state index contributed by atoms with van der Waals surface area (Å²) in [5.74, 6) is 0.384. The first-order chi connectivity index (χ1) is 15.6. The predicted octanol–water partition coefficient (Wildman–Crippen LogP) is 4.54. The third-order valence-electron chi connectivity index (χ3n) is 5.97. The van der Waals surface area contributed by atoms with Crippen LogP contribution in [0.4, 0.5) is 9.18 Å². The molecular weight excluding hydrogens is 445 g/mol. The molecule has 4 rings (SSSR count). The van der Waals surface area contributed by atoms with Crippen molar-refractivity contribution >= 4 is 23.2 Å². The van der Waals surface area contributed by atoms with Gasteiger partial charge in [-0.05, 0) is 57.5 Å². The molecular formula is C24H28FN3O4S. The van der Waals surface area contributed by atoms with Gasteiger partial charge >= 0.3 is 6.09 Å². The number of fused-ring (bicyclic) bond motifs is 1. The number of aromatic nitrogens is 1. The minimum atomic E-state index is -1.42. The quantitative estimate of drug-likeness (QED) is 0.491. The van der Waals surface area contributed by atoms with Crippen LogP contribution in [0.5, 0.6) is 5.88 Å². The van der Waals surface area contributed by atoms with E-state index in [2.05, 4.69) is 9.38 Å². The zero-order valence-electron chi connectivity index (χ0n) is 19.1. The second kappa shape index (κ2) is 8.95. The van der Waals surface area contributed by atoms with E-state index in [-0.39, 0.29) is 23.8 Å². The van der Waals surface area contributed by atoms with E-state index in [9.17, 15) is 18.8 Å². The van der Waals surface area contributed by atoms with Crippen LogP contribution in [-0.4, -0.2) is 55.3 Å². The second-order valence-corrected chi connectivity index (χ2v) is 11.3. The van der Waals surface area contributed by atoms with Crippen molar-refractivity contribution in [3.05, 3.63) is 47.8 Å². The fraction of sp³-hybridized carbons (Fsp3) is 0.458. The van der Waals surface area contributed by atoms with E-state index in [4.69, 9.17) is 4.74 Å². The molecule has 0 spiro atoms. The highest BCUT2D eigenvalue weighted by atomic mass is 32.2. The van der Waals surface area contributed by atoms with Gasteiger partial charge in [0.1, 0.15) is 28.0 Å². The molecule has 1 aliphatic heterocycles. The summed E-state index contributed by atoms with van der Waals surface area (Å²) < 4.78 is 36.3. The number of nitrogens with zero attached hydrogens (tertiary/aromatic N) is 3. The number of rotatable bonds is 6. The van der Waals surface area contributed by atoms with Crippen LogP contribution >= 0.6 is 0 Å². The molecule has 1 aliphatic carbocycles. The normalized spacial score (nSPS) is 23.3. The van der Waals surface area contributed by atoms with E-state index in [1.807, 2.05) is 33.8 Å². The molecule has 1 N–H and O–H groups in total. The first-order valence-corrected chi connectivity index (χ1v) is 12.1. The lowest BCUT2D eigenvalue weighted by molar-refractivity contribution is 0.139. The van der Waals surface area contributed by atoms with Gasteiger partial charge in [-0.15, -0.1) is 0 Å². The predicted molar refractivity (Wildman–Crippen MR) is 125 cm³/mol. The molecule has 1 saturated heterocycles. The highest BCUT2D eigenvalue weighted by molar-refractivity contribution is 7.91. The minimum Gasteiger partial charge on any atom is -0.591 e. The number of hydrogen-bond acceptors (Lipinski definition) is 5. The number of likely N-dealkylation sites (tertiary alicyclic amines) is 1. The van der Waals surface area contributed by atoms with Crippen LogP contribution in [0, 0.1) is 17.7 Å². The highest BCUT2D eigenvalue weighted by Crippen LogP contribution is 2.47. The van der Waals surface area contributed by atoms with Gasteiger partial charge in [-0.25, -0.2) is 14.2 Å². The largest absolute Gasteiger partial charge is 0.591 e. The Balaban J connectivity index is 1.65. The molecule has 176 valence electrons. The summed E-state index contributed by atoms with van der Waals surface area (Å²) in [5.41, 5.74) is 2.75. The number of benzene rings is 1. The van der Waals surface area contributed by atoms with E-state index >= 15 is 0 Å². The average molecular weight is 474 g/mol. The molecule has 4 atom stereocenters. The molecule has 0 radical (unpaired) electrons. The maximum Gasteiger partial charge on any atom is 0.407 e. The molecule has 2 heterocycles. The third-order valence-corrected chi connectivity index (χ3v) is 7.40. The summed E-state index contributed by atoms with van der Waals surface area (Å²) >= 11 is -1.42. The van der Waals surface area contributed by atoms with E-state index in [1.165, 1.54) is 17.0 Å². The molecule has 1 aromatic carbocycles. The third kappa shape index (κ3) is 5.14. The van der Waals surface area contributed by atoms with Crippen molar-refractivity contribution in [1.29, 1.82) is 0 Å². The van der Waals surface area contributed by atoms with Crippen LogP contribution in [0.2, 0.25) is 0 Å². The molecule has 0 bridgehead atoms. The summed E-state index contributed by atoms with van der Waals surface area (Å²) in [7, 11) is 0. The zero-order chi connectivity index (χ0) is 23.9. The smallest absolute Gasteiger partial charge is 0.407 e. The Morgan fingerprint density at radius 3 is 2.45 bits per heavy atom. The topological polar surface area (TPSA) is 98.1 Å². The average Bonchev–Trinajstić information content (AvgIpc) is 3.18. The maximum atomic E-state index is 13.5. The van der Waals surface area contributed by atoms with Crippen molar-refractivity contribution in [2.24, 2.45) is 16.2 Å². The van der Waals surface area contributed by atoms with Gasteiger partial charge in [0.05, 0.1) is 11.4 Å². The van der Waals surface area contributed by atoms with Gasteiger partial charge in [0.25, 0.3) is 0 Å².